The summed E-state index contributed by atoms with van der Waals surface area (Å²) in [5.74, 6) is -3.61. The highest BCUT2D eigenvalue weighted by Gasteiger charge is 2.77. The molecule has 0 spiro atoms. The van der Waals surface area contributed by atoms with Crippen LogP contribution in [0.25, 0.3) is 5.69 Å². The first kappa shape index (κ1) is 20.5. The molecule has 1 fully saturated rings. The number of benzene rings is 1. The zero-order valence-electron chi connectivity index (χ0n) is 14.5. The Kier molecular flexibility index (Phi) is 4.35. The Morgan fingerprint density at radius 2 is 1.76 bits per heavy atom. The molecule has 156 valence electrons. The van der Waals surface area contributed by atoms with Gasteiger partial charge in [0.25, 0.3) is 5.92 Å². The lowest BCUT2D eigenvalue weighted by Gasteiger charge is -2.16. The summed E-state index contributed by atoms with van der Waals surface area (Å²) < 4.78 is 78.6. The molecule has 5 nitrogen and oxygen atoms in total. The summed E-state index contributed by atoms with van der Waals surface area (Å²) in [6.45, 7) is 0.232. The highest BCUT2D eigenvalue weighted by molar-refractivity contribution is 7.85. The SMILES string of the molecule is CS(=O)C1(c2c(C3=NC3)nn(-c3c(Cl)cc(C(F)(F)F)cc3Cl)c2N)CC1(F)F. The van der Waals surface area contributed by atoms with Crippen LogP contribution in [0, 0.1) is 0 Å². The molecular weight excluding hydrogens is 462 g/mol. The van der Waals surface area contributed by atoms with E-state index in [1.165, 1.54) is 0 Å². The third kappa shape index (κ3) is 2.97. The van der Waals surface area contributed by atoms with Crippen molar-refractivity contribution in [1.29, 1.82) is 0 Å². The van der Waals surface area contributed by atoms with Crippen LogP contribution in [0.2, 0.25) is 10.0 Å². The van der Waals surface area contributed by atoms with Crippen LogP contribution in [0.4, 0.5) is 27.8 Å². The number of nitrogen functional groups attached to an aromatic ring is 1. The van der Waals surface area contributed by atoms with E-state index in [4.69, 9.17) is 28.9 Å². The zero-order valence-corrected chi connectivity index (χ0v) is 16.8. The van der Waals surface area contributed by atoms with Crippen LogP contribution in [-0.4, -0.2) is 38.4 Å². The van der Waals surface area contributed by atoms with Crippen LogP contribution in [0.3, 0.4) is 0 Å². The van der Waals surface area contributed by atoms with E-state index < -0.39 is 49.7 Å². The first-order valence-corrected chi connectivity index (χ1v) is 10.3. The molecule has 2 unspecified atom stereocenters. The lowest BCUT2D eigenvalue weighted by atomic mass is 10.1. The minimum atomic E-state index is -4.69. The minimum Gasteiger partial charge on any atom is -0.383 e. The fourth-order valence-corrected chi connectivity index (χ4v) is 5.26. The van der Waals surface area contributed by atoms with Gasteiger partial charge in [0.05, 0.1) is 27.9 Å². The van der Waals surface area contributed by atoms with Crippen LogP contribution < -0.4 is 5.73 Å². The van der Waals surface area contributed by atoms with E-state index in [0.29, 0.717) is 17.8 Å². The monoisotopic (exact) mass is 472 g/mol. The molecule has 2 N–H and O–H groups in total. The van der Waals surface area contributed by atoms with Gasteiger partial charge in [-0.05, 0) is 12.1 Å². The van der Waals surface area contributed by atoms with Gasteiger partial charge in [-0.15, -0.1) is 0 Å². The quantitative estimate of drug-likeness (QED) is 0.677. The second-order valence-corrected chi connectivity index (χ2v) is 9.15. The van der Waals surface area contributed by atoms with Gasteiger partial charge in [-0.2, -0.15) is 18.3 Å². The van der Waals surface area contributed by atoms with Gasteiger partial charge < -0.3 is 5.73 Å². The van der Waals surface area contributed by atoms with Gasteiger partial charge in [0.2, 0.25) is 0 Å². The topological polar surface area (TPSA) is 73.3 Å². The normalized spacial score (nSPS) is 23.7. The van der Waals surface area contributed by atoms with Gasteiger partial charge >= 0.3 is 6.18 Å². The van der Waals surface area contributed by atoms with Crippen molar-refractivity contribution in [3.8, 4) is 5.69 Å². The molecule has 1 aromatic carbocycles. The lowest BCUT2D eigenvalue weighted by molar-refractivity contribution is -0.137. The molecule has 0 radical (unpaired) electrons. The number of halogens is 7. The maximum absolute atomic E-state index is 14.3. The van der Waals surface area contributed by atoms with Gasteiger partial charge in [0.15, 0.2) is 0 Å². The van der Waals surface area contributed by atoms with Gasteiger partial charge in [-0.25, -0.2) is 13.5 Å². The van der Waals surface area contributed by atoms with Crippen LogP contribution in [0.5, 0.6) is 0 Å². The van der Waals surface area contributed by atoms with Gasteiger partial charge in [-0.3, -0.25) is 9.20 Å². The Bertz CT molecular complexity index is 1090. The average Bonchev–Trinajstić information content (AvgIpc) is 3.46. The molecule has 2 atom stereocenters. The third-order valence-corrected chi connectivity index (χ3v) is 7.10. The fraction of sp³-hybridized carbons (Fsp3) is 0.375. The Labute approximate surface area is 173 Å². The summed E-state index contributed by atoms with van der Waals surface area (Å²) >= 11 is 12.0. The van der Waals surface area contributed by atoms with E-state index in [9.17, 15) is 26.2 Å². The summed E-state index contributed by atoms with van der Waals surface area (Å²) in [6, 6.07) is 1.27. The summed E-state index contributed by atoms with van der Waals surface area (Å²) in [7, 11) is -2.02. The van der Waals surface area contributed by atoms with Crippen molar-refractivity contribution in [2.45, 2.75) is 23.3 Å². The van der Waals surface area contributed by atoms with Gasteiger partial charge in [0.1, 0.15) is 21.9 Å². The Morgan fingerprint density at radius 3 is 2.14 bits per heavy atom. The molecular formula is C16H11Cl2F5N4OS. The summed E-state index contributed by atoms with van der Waals surface area (Å²) in [4.78, 5) is 3.95. The highest BCUT2D eigenvalue weighted by atomic mass is 35.5. The number of hydrogen-bond acceptors (Lipinski definition) is 4. The predicted octanol–water partition coefficient (Wildman–Crippen LogP) is 4.20. The summed E-state index contributed by atoms with van der Waals surface area (Å²) in [5, 5.41) is 3.30. The van der Waals surface area contributed by atoms with Crippen molar-refractivity contribution in [1.82, 2.24) is 9.78 Å². The molecule has 1 aliphatic heterocycles. The number of hydrogen-bond donors (Lipinski definition) is 1. The van der Waals surface area contributed by atoms with Crippen molar-refractivity contribution in [2.75, 3.05) is 18.5 Å². The van der Waals surface area contributed by atoms with Crippen molar-refractivity contribution >= 4 is 45.5 Å². The van der Waals surface area contributed by atoms with E-state index in [0.717, 1.165) is 10.9 Å². The molecule has 2 aromatic rings. The molecule has 13 heteroatoms. The third-order valence-electron chi connectivity index (χ3n) is 4.90. The van der Waals surface area contributed by atoms with Crippen molar-refractivity contribution in [2.24, 2.45) is 4.99 Å². The van der Waals surface area contributed by atoms with Crippen LogP contribution in [-0.2, 0) is 21.7 Å². The molecule has 0 saturated heterocycles. The van der Waals surface area contributed by atoms with Gasteiger partial charge in [0, 0.05) is 29.0 Å². The Hall–Kier alpha value is -1.72. The van der Waals surface area contributed by atoms with Crippen molar-refractivity contribution in [3.63, 3.8) is 0 Å². The molecule has 2 heterocycles. The number of anilines is 1. The second-order valence-electron chi connectivity index (χ2n) is 6.73. The first-order valence-electron chi connectivity index (χ1n) is 8.02. The predicted molar refractivity (Wildman–Crippen MR) is 99.7 cm³/mol. The van der Waals surface area contributed by atoms with E-state index in [1.807, 2.05) is 0 Å². The van der Waals surface area contributed by atoms with E-state index in [-0.39, 0.29) is 29.3 Å². The van der Waals surface area contributed by atoms with Crippen LogP contribution in [0.15, 0.2) is 17.1 Å². The number of nitrogens with two attached hydrogens (primary N) is 1. The Morgan fingerprint density at radius 1 is 1.24 bits per heavy atom. The van der Waals surface area contributed by atoms with E-state index in [2.05, 4.69) is 10.1 Å². The molecule has 1 saturated carbocycles. The average molecular weight is 473 g/mol. The van der Waals surface area contributed by atoms with E-state index >= 15 is 0 Å². The molecule has 4 rings (SSSR count). The molecule has 1 aliphatic carbocycles. The van der Waals surface area contributed by atoms with E-state index in [1.54, 1.807) is 0 Å². The highest BCUT2D eigenvalue weighted by Crippen LogP contribution is 2.65. The van der Waals surface area contributed by atoms with Crippen LogP contribution in [0.1, 0.15) is 23.2 Å². The number of alkyl halides is 5. The van der Waals surface area contributed by atoms with Crippen molar-refractivity contribution in [3.05, 3.63) is 39.0 Å². The van der Waals surface area contributed by atoms with Gasteiger partial charge in [-0.1, -0.05) is 23.2 Å². The standard InChI is InChI=1S/C16H11Cl2F5N4OS/c1-29(28)14(5-15(14,19)20)10-11(9-4-25-9)26-27(13(10)24)12-7(17)2-6(3-8(12)18)16(21,22)23/h2-3H,4-5,24H2,1H3. The minimum absolute atomic E-state index is 0.0157. The number of aliphatic imine (C=N–C) groups is 1. The molecule has 2 aliphatic rings. The smallest absolute Gasteiger partial charge is 0.383 e. The molecule has 0 bridgehead atoms. The Balaban J connectivity index is 1.95. The lowest BCUT2D eigenvalue weighted by Crippen LogP contribution is -2.24. The summed E-state index contributed by atoms with van der Waals surface area (Å²) in [5.41, 5.74) is 5.02. The van der Waals surface area contributed by atoms with Crippen molar-refractivity contribution < 1.29 is 26.2 Å². The molecule has 29 heavy (non-hydrogen) atoms. The maximum atomic E-state index is 14.3. The van der Waals surface area contributed by atoms with Crippen LogP contribution >= 0.6 is 23.2 Å². The number of rotatable bonds is 4. The summed E-state index contributed by atoms with van der Waals surface area (Å²) in [6.07, 6.45) is -4.26. The maximum Gasteiger partial charge on any atom is 0.416 e. The molecule has 0 amide bonds. The number of aromatic nitrogens is 2. The second kappa shape index (κ2) is 6.14. The largest absolute Gasteiger partial charge is 0.416 e. The first-order chi connectivity index (χ1) is 13.3. The fourth-order valence-electron chi connectivity index (χ4n) is 3.32. The molecule has 1 aromatic heterocycles. The zero-order chi connectivity index (χ0) is 21.5. The number of nitrogens with zero attached hydrogens (tertiary/aromatic N) is 3.